The number of carbonyl (C=O) groups is 2. The molecule has 0 radical (unpaired) electrons. The average Bonchev–Trinajstić information content (AvgIpc) is 2.64. The molecule has 1 saturated heterocycles. The van der Waals surface area contributed by atoms with Gasteiger partial charge in [0.25, 0.3) is 0 Å². The molecule has 6 nitrogen and oxygen atoms in total. The van der Waals surface area contributed by atoms with E-state index in [9.17, 15) is 9.59 Å². The van der Waals surface area contributed by atoms with E-state index in [-0.39, 0.29) is 24.4 Å². The number of nitrogens with one attached hydrogen (secondary N) is 1. The van der Waals surface area contributed by atoms with Gasteiger partial charge in [-0.25, -0.2) is 0 Å². The number of rotatable bonds is 7. The molecule has 3 atom stereocenters. The maximum absolute atomic E-state index is 12.9. The van der Waals surface area contributed by atoms with Crippen LogP contribution >= 0.6 is 0 Å². The summed E-state index contributed by atoms with van der Waals surface area (Å²) >= 11 is 0. The molecule has 1 N–H and O–H groups in total. The lowest BCUT2D eigenvalue weighted by Crippen LogP contribution is -2.52. The zero-order chi connectivity index (χ0) is 20.0. The molecule has 0 unspecified atom stereocenters. The van der Waals surface area contributed by atoms with E-state index in [0.717, 1.165) is 24.5 Å². The predicted molar refractivity (Wildman–Crippen MR) is 108 cm³/mol. The molecule has 1 aromatic carbocycles. The van der Waals surface area contributed by atoms with Crippen LogP contribution in [0.1, 0.15) is 34.1 Å². The average molecular weight is 376 g/mol. The Labute approximate surface area is 162 Å². The Kier molecular flexibility index (Phi) is 7.66. The normalized spacial score (nSPS) is 21.0. The van der Waals surface area contributed by atoms with Gasteiger partial charge in [-0.2, -0.15) is 0 Å². The molecule has 0 bridgehead atoms. The monoisotopic (exact) mass is 375 g/mol. The highest BCUT2D eigenvalue weighted by atomic mass is 16.5. The van der Waals surface area contributed by atoms with Gasteiger partial charge in [0.05, 0.1) is 19.7 Å². The van der Waals surface area contributed by atoms with Gasteiger partial charge in [0, 0.05) is 18.8 Å². The number of carbonyl (C=O) groups excluding carboxylic acids is 2. The topological polar surface area (TPSA) is 61.9 Å². The van der Waals surface area contributed by atoms with Crippen molar-refractivity contribution in [3.8, 4) is 5.75 Å². The van der Waals surface area contributed by atoms with Crippen molar-refractivity contribution in [1.29, 1.82) is 0 Å². The van der Waals surface area contributed by atoms with Gasteiger partial charge in [0.1, 0.15) is 5.75 Å². The van der Waals surface area contributed by atoms with Crippen LogP contribution in [0.4, 0.5) is 5.69 Å². The van der Waals surface area contributed by atoms with Crippen molar-refractivity contribution >= 4 is 17.5 Å². The van der Waals surface area contributed by atoms with E-state index in [0.29, 0.717) is 18.4 Å². The Morgan fingerprint density at radius 1 is 1.22 bits per heavy atom. The van der Waals surface area contributed by atoms with Gasteiger partial charge >= 0.3 is 0 Å². The lowest BCUT2D eigenvalue weighted by Gasteiger charge is -2.38. The number of hydrogen-bond acceptors (Lipinski definition) is 4. The largest absolute Gasteiger partial charge is 0.497 e. The van der Waals surface area contributed by atoms with E-state index in [1.165, 1.54) is 6.42 Å². The fourth-order valence-electron chi connectivity index (χ4n) is 3.85. The van der Waals surface area contributed by atoms with Crippen molar-refractivity contribution in [2.24, 2.45) is 11.8 Å². The number of methoxy groups -OCH3 is 1. The quantitative estimate of drug-likeness (QED) is 0.796. The third-order valence-corrected chi connectivity index (χ3v) is 5.21. The van der Waals surface area contributed by atoms with Crippen LogP contribution in [0.5, 0.6) is 5.75 Å². The minimum atomic E-state index is -0.311. The first kappa shape index (κ1) is 21.2. The summed E-state index contributed by atoms with van der Waals surface area (Å²) in [7, 11) is 1.61. The minimum Gasteiger partial charge on any atom is -0.497 e. The summed E-state index contributed by atoms with van der Waals surface area (Å²) in [6, 6.07) is 6.90. The third kappa shape index (κ3) is 5.96. The van der Waals surface area contributed by atoms with E-state index < -0.39 is 0 Å². The molecule has 0 spiro atoms. The maximum atomic E-state index is 12.9. The Bertz CT molecular complexity index is 622. The highest BCUT2D eigenvalue weighted by Gasteiger charge is 2.31. The predicted octanol–water partition coefficient (Wildman–Crippen LogP) is 2.85. The highest BCUT2D eigenvalue weighted by molar-refractivity contribution is 5.93. The Hall–Kier alpha value is -2.08. The van der Waals surface area contributed by atoms with E-state index >= 15 is 0 Å². The van der Waals surface area contributed by atoms with Crippen molar-refractivity contribution in [3.63, 3.8) is 0 Å². The van der Waals surface area contributed by atoms with E-state index in [4.69, 9.17) is 4.74 Å². The zero-order valence-corrected chi connectivity index (χ0v) is 17.2. The third-order valence-electron chi connectivity index (χ3n) is 5.21. The lowest BCUT2D eigenvalue weighted by atomic mass is 9.91. The summed E-state index contributed by atoms with van der Waals surface area (Å²) in [6.45, 7) is 10.7. The summed E-state index contributed by atoms with van der Waals surface area (Å²) in [5, 5.41) is 2.88. The fraction of sp³-hybridized carbons (Fsp3) is 0.619. The molecule has 2 rings (SSSR count). The molecule has 1 aliphatic rings. The molecule has 1 heterocycles. The van der Waals surface area contributed by atoms with Gasteiger partial charge < -0.3 is 15.0 Å². The number of hydrogen-bond donors (Lipinski definition) is 1. The first-order chi connectivity index (χ1) is 12.8. The van der Waals surface area contributed by atoms with Gasteiger partial charge in [-0.1, -0.05) is 20.8 Å². The molecule has 2 amide bonds. The molecule has 1 aromatic rings. The number of benzene rings is 1. The summed E-state index contributed by atoms with van der Waals surface area (Å²) in [6.07, 6.45) is 1.17. The molecule has 1 fully saturated rings. The molecule has 0 aromatic heterocycles. The van der Waals surface area contributed by atoms with Crippen LogP contribution in [0.3, 0.4) is 0 Å². The molecular formula is C21H33N3O3. The van der Waals surface area contributed by atoms with Crippen molar-refractivity contribution in [1.82, 2.24) is 9.80 Å². The van der Waals surface area contributed by atoms with Gasteiger partial charge in [-0.3, -0.25) is 14.5 Å². The number of nitrogens with zero attached hydrogens (tertiary/aromatic N) is 2. The second-order valence-corrected chi connectivity index (χ2v) is 7.71. The van der Waals surface area contributed by atoms with Crippen molar-refractivity contribution in [3.05, 3.63) is 24.3 Å². The highest BCUT2D eigenvalue weighted by Crippen LogP contribution is 2.22. The van der Waals surface area contributed by atoms with Gasteiger partial charge in [-0.05, 0) is 56.0 Å². The first-order valence-corrected chi connectivity index (χ1v) is 9.80. The second kappa shape index (κ2) is 9.74. The van der Waals surface area contributed by atoms with Crippen LogP contribution in [0.25, 0.3) is 0 Å². The lowest BCUT2D eigenvalue weighted by molar-refractivity contribution is -0.139. The van der Waals surface area contributed by atoms with Gasteiger partial charge in [-0.15, -0.1) is 0 Å². The smallest absolute Gasteiger partial charge is 0.239 e. The van der Waals surface area contributed by atoms with Crippen molar-refractivity contribution in [2.45, 2.75) is 40.2 Å². The van der Waals surface area contributed by atoms with Gasteiger partial charge in [0.2, 0.25) is 11.8 Å². The van der Waals surface area contributed by atoms with E-state index in [1.807, 2.05) is 23.6 Å². The molecule has 1 aliphatic heterocycles. The fourth-order valence-corrected chi connectivity index (χ4v) is 3.85. The first-order valence-electron chi connectivity index (χ1n) is 9.80. The molecule has 0 saturated carbocycles. The zero-order valence-electron chi connectivity index (χ0n) is 17.2. The summed E-state index contributed by atoms with van der Waals surface area (Å²) in [4.78, 5) is 29.3. The second-order valence-electron chi connectivity index (χ2n) is 7.71. The van der Waals surface area contributed by atoms with Crippen LogP contribution in [0.15, 0.2) is 24.3 Å². The number of amides is 2. The van der Waals surface area contributed by atoms with Crippen molar-refractivity contribution < 1.29 is 14.3 Å². The van der Waals surface area contributed by atoms with Crippen LogP contribution < -0.4 is 10.1 Å². The van der Waals surface area contributed by atoms with E-state index in [2.05, 4.69) is 19.2 Å². The standard InChI is InChI=1S/C21H33N3O3/c1-6-23(14-20(25)22-18-7-9-19(27-5)10-8-18)17(4)21(26)24-12-15(2)11-16(3)13-24/h7-10,15-17H,6,11-14H2,1-5H3,(H,22,25)/t15-,16-,17-/m1/s1. The number of piperidine rings is 1. The molecule has 0 aliphatic carbocycles. The number of ether oxygens (including phenoxy) is 1. The minimum absolute atomic E-state index is 0.118. The number of likely N-dealkylation sites (N-methyl/N-ethyl adjacent to an activating group) is 1. The van der Waals surface area contributed by atoms with Crippen LogP contribution in [0, 0.1) is 11.8 Å². The number of likely N-dealkylation sites (tertiary alicyclic amines) is 1. The summed E-state index contributed by atoms with van der Waals surface area (Å²) in [5.41, 5.74) is 0.717. The summed E-state index contributed by atoms with van der Waals surface area (Å²) in [5.74, 6) is 1.79. The molecular weight excluding hydrogens is 342 g/mol. The Balaban J connectivity index is 1.93. The molecule has 6 heteroatoms. The molecule has 150 valence electrons. The number of anilines is 1. The van der Waals surface area contributed by atoms with E-state index in [1.54, 1.807) is 31.4 Å². The Morgan fingerprint density at radius 2 is 1.81 bits per heavy atom. The van der Waals surface area contributed by atoms with Crippen LogP contribution in [-0.2, 0) is 9.59 Å². The van der Waals surface area contributed by atoms with Crippen LogP contribution in [0.2, 0.25) is 0 Å². The molecule has 27 heavy (non-hydrogen) atoms. The van der Waals surface area contributed by atoms with Gasteiger partial charge in [0.15, 0.2) is 0 Å². The van der Waals surface area contributed by atoms with Crippen molar-refractivity contribution in [2.75, 3.05) is 38.6 Å². The maximum Gasteiger partial charge on any atom is 0.239 e. The van der Waals surface area contributed by atoms with Crippen LogP contribution in [-0.4, -0.2) is 60.9 Å². The Morgan fingerprint density at radius 3 is 2.33 bits per heavy atom. The SMILES string of the molecule is CCN(CC(=O)Nc1ccc(OC)cc1)[C@H](C)C(=O)N1C[C@H](C)C[C@@H](C)C1. The summed E-state index contributed by atoms with van der Waals surface area (Å²) < 4.78 is 5.12.